The van der Waals surface area contributed by atoms with Gasteiger partial charge in [0.2, 0.25) is 0 Å². The van der Waals surface area contributed by atoms with Crippen LogP contribution in [0.1, 0.15) is 12.5 Å². The van der Waals surface area contributed by atoms with Crippen LogP contribution in [0.4, 0.5) is 11.4 Å². The molecule has 0 N–H and O–H groups in total. The standard InChI is InChI=1S/C19H22N2O2/c1-2-23-19-9-3-16(4-10-19)15-20-17-5-7-18(8-6-17)21-11-13-22-14-12-21/h3-10,15H,2,11-14H2,1H3. The fourth-order valence-electron chi connectivity index (χ4n) is 2.54. The monoisotopic (exact) mass is 310 g/mol. The molecule has 0 saturated carbocycles. The highest BCUT2D eigenvalue weighted by atomic mass is 16.5. The predicted octanol–water partition coefficient (Wildman–Crippen LogP) is 3.67. The Bertz CT molecular complexity index is 629. The molecule has 23 heavy (non-hydrogen) atoms. The van der Waals surface area contributed by atoms with E-state index in [2.05, 4.69) is 34.2 Å². The van der Waals surface area contributed by atoms with Gasteiger partial charge in [-0.2, -0.15) is 0 Å². The molecule has 3 rings (SSSR count). The summed E-state index contributed by atoms with van der Waals surface area (Å²) in [6.07, 6.45) is 1.87. The maximum atomic E-state index is 5.44. The van der Waals surface area contributed by atoms with E-state index in [-0.39, 0.29) is 0 Å². The van der Waals surface area contributed by atoms with Crippen LogP contribution in [0.15, 0.2) is 53.5 Å². The summed E-state index contributed by atoms with van der Waals surface area (Å²) < 4.78 is 10.8. The third kappa shape index (κ3) is 4.33. The highest BCUT2D eigenvalue weighted by Gasteiger charge is 2.10. The molecule has 1 aliphatic rings. The van der Waals surface area contributed by atoms with Gasteiger partial charge in [0, 0.05) is 25.0 Å². The Morgan fingerprint density at radius 2 is 1.74 bits per heavy atom. The maximum Gasteiger partial charge on any atom is 0.119 e. The van der Waals surface area contributed by atoms with E-state index in [4.69, 9.17) is 9.47 Å². The van der Waals surface area contributed by atoms with Crippen molar-refractivity contribution in [1.29, 1.82) is 0 Å². The third-order valence-corrected chi connectivity index (χ3v) is 3.78. The smallest absolute Gasteiger partial charge is 0.119 e. The lowest BCUT2D eigenvalue weighted by Crippen LogP contribution is -2.36. The number of benzene rings is 2. The Hall–Kier alpha value is -2.33. The van der Waals surface area contributed by atoms with Crippen LogP contribution in [0.3, 0.4) is 0 Å². The van der Waals surface area contributed by atoms with Gasteiger partial charge in [0.1, 0.15) is 5.75 Å². The molecule has 0 unspecified atom stereocenters. The third-order valence-electron chi connectivity index (χ3n) is 3.78. The van der Waals surface area contributed by atoms with E-state index in [1.165, 1.54) is 5.69 Å². The number of anilines is 1. The van der Waals surface area contributed by atoms with E-state index >= 15 is 0 Å². The van der Waals surface area contributed by atoms with Crippen molar-refractivity contribution in [3.8, 4) is 5.75 Å². The first-order valence-corrected chi connectivity index (χ1v) is 8.05. The molecule has 1 fully saturated rings. The fourth-order valence-corrected chi connectivity index (χ4v) is 2.54. The van der Waals surface area contributed by atoms with Crippen molar-refractivity contribution in [3.05, 3.63) is 54.1 Å². The summed E-state index contributed by atoms with van der Waals surface area (Å²) in [5.74, 6) is 0.888. The highest BCUT2D eigenvalue weighted by molar-refractivity contribution is 5.82. The molecule has 1 aliphatic heterocycles. The minimum Gasteiger partial charge on any atom is -0.494 e. The molecule has 0 atom stereocenters. The van der Waals surface area contributed by atoms with Crippen LogP contribution in [0, 0.1) is 0 Å². The van der Waals surface area contributed by atoms with Gasteiger partial charge in [-0.15, -0.1) is 0 Å². The normalized spacial score (nSPS) is 15.1. The lowest BCUT2D eigenvalue weighted by molar-refractivity contribution is 0.122. The SMILES string of the molecule is CCOc1ccc(C=Nc2ccc(N3CCOCC3)cc2)cc1. The maximum absolute atomic E-state index is 5.44. The van der Waals surface area contributed by atoms with E-state index in [9.17, 15) is 0 Å². The average molecular weight is 310 g/mol. The van der Waals surface area contributed by atoms with E-state index in [0.717, 1.165) is 43.3 Å². The van der Waals surface area contributed by atoms with Crippen LogP contribution in [0.5, 0.6) is 5.75 Å². The van der Waals surface area contributed by atoms with Gasteiger partial charge in [0.05, 0.1) is 25.5 Å². The van der Waals surface area contributed by atoms with Crippen molar-refractivity contribution in [1.82, 2.24) is 0 Å². The summed E-state index contributed by atoms with van der Waals surface area (Å²) in [5, 5.41) is 0. The van der Waals surface area contributed by atoms with Gasteiger partial charge >= 0.3 is 0 Å². The van der Waals surface area contributed by atoms with Gasteiger partial charge in [-0.1, -0.05) is 0 Å². The van der Waals surface area contributed by atoms with Crippen LogP contribution in [0.2, 0.25) is 0 Å². The number of hydrogen-bond donors (Lipinski definition) is 0. The molecule has 4 heteroatoms. The second-order valence-corrected chi connectivity index (χ2v) is 5.38. The van der Waals surface area contributed by atoms with E-state index in [0.29, 0.717) is 6.61 Å². The van der Waals surface area contributed by atoms with E-state index in [1.807, 2.05) is 37.4 Å². The minimum absolute atomic E-state index is 0.683. The van der Waals surface area contributed by atoms with Crippen LogP contribution >= 0.6 is 0 Å². The second-order valence-electron chi connectivity index (χ2n) is 5.38. The molecule has 4 nitrogen and oxygen atoms in total. The van der Waals surface area contributed by atoms with Gasteiger partial charge in [-0.25, -0.2) is 0 Å². The fraction of sp³-hybridized carbons (Fsp3) is 0.316. The van der Waals surface area contributed by atoms with Gasteiger partial charge < -0.3 is 14.4 Å². The van der Waals surface area contributed by atoms with Crippen molar-refractivity contribution in [2.75, 3.05) is 37.8 Å². The minimum atomic E-state index is 0.683. The largest absolute Gasteiger partial charge is 0.494 e. The second kappa shape index (κ2) is 7.79. The molecule has 1 saturated heterocycles. The quantitative estimate of drug-likeness (QED) is 0.790. The molecule has 0 aromatic heterocycles. The predicted molar refractivity (Wildman–Crippen MR) is 94.3 cm³/mol. The number of ether oxygens (including phenoxy) is 2. The Kier molecular flexibility index (Phi) is 5.27. The van der Waals surface area contributed by atoms with Gasteiger partial charge in [0.25, 0.3) is 0 Å². The molecule has 120 valence electrons. The Morgan fingerprint density at radius 1 is 1.04 bits per heavy atom. The van der Waals surface area contributed by atoms with Crippen molar-refractivity contribution < 1.29 is 9.47 Å². The zero-order valence-corrected chi connectivity index (χ0v) is 13.4. The summed E-state index contributed by atoms with van der Waals surface area (Å²) in [6.45, 7) is 6.18. The zero-order valence-electron chi connectivity index (χ0n) is 13.4. The van der Waals surface area contributed by atoms with Crippen molar-refractivity contribution >= 4 is 17.6 Å². The van der Waals surface area contributed by atoms with Crippen molar-refractivity contribution in [3.63, 3.8) is 0 Å². The number of hydrogen-bond acceptors (Lipinski definition) is 4. The van der Waals surface area contributed by atoms with Gasteiger partial charge in [-0.3, -0.25) is 4.99 Å². The summed E-state index contributed by atoms with van der Waals surface area (Å²) >= 11 is 0. The lowest BCUT2D eigenvalue weighted by atomic mass is 10.2. The molecule has 0 amide bonds. The Morgan fingerprint density at radius 3 is 2.39 bits per heavy atom. The Labute approximate surface area is 137 Å². The molecule has 0 spiro atoms. The van der Waals surface area contributed by atoms with E-state index in [1.54, 1.807) is 0 Å². The molecule has 0 aliphatic carbocycles. The molecular formula is C19H22N2O2. The first-order valence-electron chi connectivity index (χ1n) is 8.05. The van der Waals surface area contributed by atoms with Crippen LogP contribution in [0.25, 0.3) is 0 Å². The molecule has 1 heterocycles. The van der Waals surface area contributed by atoms with Crippen molar-refractivity contribution in [2.24, 2.45) is 4.99 Å². The molecular weight excluding hydrogens is 288 g/mol. The topological polar surface area (TPSA) is 34.1 Å². The van der Waals surface area contributed by atoms with Crippen LogP contribution in [-0.2, 0) is 4.74 Å². The summed E-state index contributed by atoms with van der Waals surface area (Å²) in [7, 11) is 0. The molecule has 0 radical (unpaired) electrons. The molecule has 2 aromatic rings. The molecule has 2 aromatic carbocycles. The number of aliphatic imine (C=N–C) groups is 1. The van der Waals surface area contributed by atoms with Gasteiger partial charge in [-0.05, 0) is 61.0 Å². The van der Waals surface area contributed by atoms with Crippen LogP contribution < -0.4 is 9.64 Å². The summed E-state index contributed by atoms with van der Waals surface area (Å²) in [4.78, 5) is 6.87. The molecule has 0 bridgehead atoms. The van der Waals surface area contributed by atoms with Crippen LogP contribution in [-0.4, -0.2) is 39.1 Å². The highest BCUT2D eigenvalue weighted by Crippen LogP contribution is 2.21. The number of nitrogens with zero attached hydrogens (tertiary/aromatic N) is 2. The van der Waals surface area contributed by atoms with Gasteiger partial charge in [0.15, 0.2) is 0 Å². The first kappa shape index (κ1) is 15.6. The van der Waals surface area contributed by atoms with Crippen molar-refractivity contribution in [2.45, 2.75) is 6.92 Å². The number of rotatable bonds is 5. The number of morpholine rings is 1. The lowest BCUT2D eigenvalue weighted by Gasteiger charge is -2.28. The first-order chi connectivity index (χ1) is 11.3. The zero-order chi connectivity index (χ0) is 15.9. The average Bonchev–Trinajstić information content (AvgIpc) is 2.63. The Balaban J connectivity index is 1.62. The summed E-state index contributed by atoms with van der Waals surface area (Å²) in [5.41, 5.74) is 3.25. The van der Waals surface area contributed by atoms with E-state index < -0.39 is 0 Å². The summed E-state index contributed by atoms with van der Waals surface area (Å²) in [6, 6.07) is 16.3.